The molecule has 138 valence electrons. The number of nitrogens with one attached hydrogen (secondary N) is 2. The Labute approximate surface area is 152 Å². The van der Waals surface area contributed by atoms with Crippen LogP contribution in [0.2, 0.25) is 0 Å². The number of aryl methyl sites for hydroxylation is 1. The minimum atomic E-state index is -3.78. The maximum absolute atomic E-state index is 12.4. The van der Waals surface area contributed by atoms with E-state index in [1.807, 2.05) is 6.92 Å². The highest BCUT2D eigenvalue weighted by Crippen LogP contribution is 2.18. The van der Waals surface area contributed by atoms with E-state index in [9.17, 15) is 18.0 Å². The lowest BCUT2D eigenvalue weighted by Crippen LogP contribution is -2.33. The van der Waals surface area contributed by atoms with Crippen LogP contribution in [0.3, 0.4) is 0 Å². The Balaban J connectivity index is 2.17. The van der Waals surface area contributed by atoms with Crippen LogP contribution >= 0.6 is 0 Å². The van der Waals surface area contributed by atoms with Crippen LogP contribution in [-0.2, 0) is 19.6 Å². The fourth-order valence-corrected chi connectivity index (χ4v) is 3.18. The number of carbonyl (C=O) groups excluding carboxylic acids is 2. The molecule has 0 bridgehead atoms. The van der Waals surface area contributed by atoms with Crippen LogP contribution in [0, 0.1) is 6.92 Å². The minimum Gasteiger partial charge on any atom is -0.449 e. The van der Waals surface area contributed by atoms with Gasteiger partial charge in [-0.15, -0.1) is 0 Å². The first-order valence-corrected chi connectivity index (χ1v) is 9.33. The average Bonchev–Trinajstić information content (AvgIpc) is 2.61. The van der Waals surface area contributed by atoms with Gasteiger partial charge in [-0.05, 0) is 44.2 Å². The zero-order valence-corrected chi connectivity index (χ0v) is 15.5. The summed E-state index contributed by atoms with van der Waals surface area (Å²) in [5.41, 5.74) is 1.29. The van der Waals surface area contributed by atoms with E-state index in [1.165, 1.54) is 50.4 Å². The molecule has 2 aromatic carbocycles. The summed E-state index contributed by atoms with van der Waals surface area (Å²) in [7, 11) is -2.34. The van der Waals surface area contributed by atoms with Crippen molar-refractivity contribution < 1.29 is 22.7 Å². The standard InChI is InChI=1S/C18H20N2O5S/c1-12-7-9-16(10-8-12)26(23,24)20-15-6-4-5-14(11-15)18(22)25-13(2)17(21)19-3/h4-11,13,20H,1-3H3,(H,19,21)/t13-/m0/s1. The first-order valence-electron chi connectivity index (χ1n) is 7.85. The largest absolute Gasteiger partial charge is 0.449 e. The molecule has 7 nitrogen and oxygen atoms in total. The second kappa shape index (κ2) is 8.01. The number of rotatable bonds is 6. The molecule has 0 spiro atoms. The average molecular weight is 376 g/mol. The summed E-state index contributed by atoms with van der Waals surface area (Å²) in [6, 6.07) is 12.3. The Bertz CT molecular complexity index is 907. The van der Waals surface area contributed by atoms with Gasteiger partial charge in [-0.25, -0.2) is 13.2 Å². The van der Waals surface area contributed by atoms with Gasteiger partial charge < -0.3 is 10.1 Å². The Morgan fingerprint density at radius 1 is 1.08 bits per heavy atom. The Morgan fingerprint density at radius 3 is 2.35 bits per heavy atom. The van der Waals surface area contributed by atoms with Gasteiger partial charge in [0.15, 0.2) is 6.10 Å². The fourth-order valence-electron chi connectivity index (χ4n) is 2.13. The second-order valence-corrected chi connectivity index (χ2v) is 7.34. The fraction of sp³-hybridized carbons (Fsp3) is 0.222. The van der Waals surface area contributed by atoms with Crippen molar-refractivity contribution in [1.29, 1.82) is 0 Å². The van der Waals surface area contributed by atoms with Crippen molar-refractivity contribution in [3.8, 4) is 0 Å². The SMILES string of the molecule is CNC(=O)[C@H](C)OC(=O)c1cccc(NS(=O)(=O)c2ccc(C)cc2)c1. The third kappa shape index (κ3) is 4.82. The Morgan fingerprint density at radius 2 is 1.73 bits per heavy atom. The van der Waals surface area contributed by atoms with E-state index in [-0.39, 0.29) is 16.1 Å². The van der Waals surface area contributed by atoms with E-state index in [1.54, 1.807) is 12.1 Å². The van der Waals surface area contributed by atoms with E-state index < -0.39 is 28.0 Å². The predicted molar refractivity (Wildman–Crippen MR) is 97.4 cm³/mol. The van der Waals surface area contributed by atoms with E-state index >= 15 is 0 Å². The number of esters is 1. The monoisotopic (exact) mass is 376 g/mol. The van der Waals surface area contributed by atoms with Crippen molar-refractivity contribution >= 4 is 27.6 Å². The number of hydrogen-bond donors (Lipinski definition) is 2. The zero-order valence-electron chi connectivity index (χ0n) is 14.6. The van der Waals surface area contributed by atoms with Crippen molar-refractivity contribution in [2.24, 2.45) is 0 Å². The summed E-state index contributed by atoms with van der Waals surface area (Å²) in [5.74, 6) is -1.16. The number of hydrogen-bond acceptors (Lipinski definition) is 5. The Kier molecular flexibility index (Phi) is 5.99. The van der Waals surface area contributed by atoms with E-state index in [0.29, 0.717) is 0 Å². The maximum atomic E-state index is 12.4. The molecule has 0 unspecified atom stereocenters. The number of carbonyl (C=O) groups is 2. The lowest BCUT2D eigenvalue weighted by molar-refractivity contribution is -0.128. The van der Waals surface area contributed by atoms with Gasteiger partial charge in [0, 0.05) is 12.7 Å². The quantitative estimate of drug-likeness (QED) is 0.752. The van der Waals surface area contributed by atoms with Crippen molar-refractivity contribution in [2.75, 3.05) is 11.8 Å². The third-order valence-electron chi connectivity index (χ3n) is 3.58. The molecule has 0 radical (unpaired) electrons. The second-order valence-electron chi connectivity index (χ2n) is 5.66. The van der Waals surface area contributed by atoms with Gasteiger partial charge in [0.25, 0.3) is 15.9 Å². The molecule has 0 aliphatic heterocycles. The molecule has 1 amide bonds. The topological polar surface area (TPSA) is 102 Å². The molecule has 0 aliphatic rings. The molecule has 2 N–H and O–H groups in total. The first kappa shape index (κ1) is 19.5. The van der Waals surface area contributed by atoms with Crippen molar-refractivity contribution in [2.45, 2.75) is 24.8 Å². The summed E-state index contributed by atoms with van der Waals surface area (Å²) >= 11 is 0. The molecule has 2 aromatic rings. The molecular formula is C18H20N2O5S. The molecule has 0 heterocycles. The van der Waals surface area contributed by atoms with Crippen LogP contribution in [0.15, 0.2) is 53.4 Å². The van der Waals surface area contributed by atoms with Gasteiger partial charge in [-0.1, -0.05) is 23.8 Å². The zero-order chi connectivity index (χ0) is 19.3. The van der Waals surface area contributed by atoms with Crippen LogP contribution in [-0.4, -0.2) is 33.4 Å². The van der Waals surface area contributed by atoms with Gasteiger partial charge >= 0.3 is 5.97 Å². The number of amides is 1. The highest BCUT2D eigenvalue weighted by molar-refractivity contribution is 7.92. The third-order valence-corrected chi connectivity index (χ3v) is 4.98. The Hall–Kier alpha value is -2.87. The number of anilines is 1. The van der Waals surface area contributed by atoms with Gasteiger partial charge in [0.2, 0.25) is 0 Å². The molecule has 0 saturated heterocycles. The lowest BCUT2D eigenvalue weighted by Gasteiger charge is -2.13. The number of benzene rings is 2. The summed E-state index contributed by atoms with van der Waals surface area (Å²) in [4.78, 5) is 23.7. The number of likely N-dealkylation sites (N-methyl/N-ethyl adjacent to an activating group) is 1. The highest BCUT2D eigenvalue weighted by atomic mass is 32.2. The van der Waals surface area contributed by atoms with Crippen LogP contribution < -0.4 is 10.0 Å². The summed E-state index contributed by atoms with van der Waals surface area (Å²) < 4.78 is 32.3. The van der Waals surface area contributed by atoms with E-state index in [2.05, 4.69) is 10.0 Å². The van der Waals surface area contributed by atoms with Crippen molar-refractivity contribution in [1.82, 2.24) is 5.32 Å². The van der Waals surface area contributed by atoms with Crippen LogP contribution in [0.25, 0.3) is 0 Å². The van der Waals surface area contributed by atoms with Gasteiger partial charge in [0.05, 0.1) is 10.5 Å². The molecule has 0 aromatic heterocycles. The normalized spacial score (nSPS) is 12.1. The number of ether oxygens (including phenoxy) is 1. The van der Waals surface area contributed by atoms with Crippen LogP contribution in [0.4, 0.5) is 5.69 Å². The maximum Gasteiger partial charge on any atom is 0.338 e. The van der Waals surface area contributed by atoms with Crippen molar-refractivity contribution in [3.63, 3.8) is 0 Å². The summed E-state index contributed by atoms with van der Waals surface area (Å²) in [6.45, 7) is 3.30. The smallest absolute Gasteiger partial charge is 0.338 e. The van der Waals surface area contributed by atoms with Crippen LogP contribution in [0.1, 0.15) is 22.8 Å². The molecule has 1 atom stereocenters. The predicted octanol–water partition coefficient (Wildman–Crippen LogP) is 2.09. The summed E-state index contributed by atoms with van der Waals surface area (Å²) in [6.07, 6.45) is -0.958. The minimum absolute atomic E-state index is 0.115. The van der Waals surface area contributed by atoms with Gasteiger partial charge in [-0.2, -0.15) is 0 Å². The van der Waals surface area contributed by atoms with E-state index in [0.717, 1.165) is 5.56 Å². The molecule has 26 heavy (non-hydrogen) atoms. The highest BCUT2D eigenvalue weighted by Gasteiger charge is 2.19. The molecular weight excluding hydrogens is 356 g/mol. The van der Waals surface area contributed by atoms with Gasteiger partial charge in [0.1, 0.15) is 0 Å². The lowest BCUT2D eigenvalue weighted by atomic mass is 10.2. The first-order chi connectivity index (χ1) is 12.2. The molecule has 2 rings (SSSR count). The van der Waals surface area contributed by atoms with Crippen molar-refractivity contribution in [3.05, 3.63) is 59.7 Å². The van der Waals surface area contributed by atoms with Crippen LogP contribution in [0.5, 0.6) is 0 Å². The number of sulfonamides is 1. The molecule has 0 saturated carbocycles. The molecule has 8 heteroatoms. The van der Waals surface area contributed by atoms with Gasteiger partial charge in [-0.3, -0.25) is 9.52 Å². The molecule has 0 fully saturated rings. The van der Waals surface area contributed by atoms with E-state index in [4.69, 9.17) is 4.74 Å². The summed E-state index contributed by atoms with van der Waals surface area (Å²) in [5, 5.41) is 2.38. The molecule has 0 aliphatic carbocycles.